The van der Waals surface area contributed by atoms with Crippen LogP contribution in [0.1, 0.15) is 18.9 Å². The lowest BCUT2D eigenvalue weighted by atomic mass is 10.2. The van der Waals surface area contributed by atoms with E-state index in [1.807, 2.05) is 19.1 Å². The van der Waals surface area contributed by atoms with E-state index in [4.69, 9.17) is 5.73 Å². The van der Waals surface area contributed by atoms with Crippen LogP contribution in [-0.4, -0.2) is 11.0 Å². The minimum Gasteiger partial charge on any atom is -0.398 e. The van der Waals surface area contributed by atoms with Crippen molar-refractivity contribution in [3.63, 3.8) is 0 Å². The van der Waals surface area contributed by atoms with Crippen molar-refractivity contribution >= 4 is 11.5 Å². The highest BCUT2D eigenvalue weighted by Gasteiger charge is 2.01. The predicted molar refractivity (Wildman–Crippen MR) is 61.3 cm³/mol. The zero-order valence-corrected chi connectivity index (χ0v) is 8.75. The van der Waals surface area contributed by atoms with Crippen LogP contribution in [0.2, 0.25) is 0 Å². The van der Waals surface area contributed by atoms with Crippen molar-refractivity contribution in [2.75, 3.05) is 11.1 Å². The molecule has 1 rings (SSSR count). The minimum atomic E-state index is 0.335. The Morgan fingerprint density at radius 3 is 3.00 bits per heavy atom. The molecule has 0 amide bonds. The molecule has 1 heterocycles. The molecule has 1 aromatic heterocycles. The summed E-state index contributed by atoms with van der Waals surface area (Å²) in [4.78, 5) is 4.24. The fourth-order valence-electron chi connectivity index (χ4n) is 1.18. The average Bonchev–Trinajstić information content (AvgIpc) is 2.12. The number of nitrogens with one attached hydrogen (secondary N) is 1. The Bertz CT molecular complexity index is 320. The van der Waals surface area contributed by atoms with Gasteiger partial charge in [0.25, 0.3) is 0 Å². The van der Waals surface area contributed by atoms with E-state index in [1.165, 1.54) is 0 Å². The van der Waals surface area contributed by atoms with E-state index in [0.717, 1.165) is 23.5 Å². The lowest BCUT2D eigenvalue weighted by molar-refractivity contribution is 0.807. The van der Waals surface area contributed by atoms with Gasteiger partial charge in [0.05, 0.1) is 0 Å². The molecular weight excluding hydrogens is 174 g/mol. The molecule has 0 bridgehead atoms. The molecule has 76 valence electrons. The molecule has 1 unspecified atom stereocenters. The number of pyridine rings is 1. The second-order valence-corrected chi connectivity index (χ2v) is 3.50. The first-order valence-electron chi connectivity index (χ1n) is 4.73. The van der Waals surface area contributed by atoms with Crippen molar-refractivity contribution in [2.45, 2.75) is 26.3 Å². The van der Waals surface area contributed by atoms with Crippen LogP contribution >= 0.6 is 0 Å². The fourth-order valence-corrected chi connectivity index (χ4v) is 1.18. The number of nitrogen functional groups attached to an aromatic ring is 1. The summed E-state index contributed by atoms with van der Waals surface area (Å²) >= 11 is 0. The van der Waals surface area contributed by atoms with Gasteiger partial charge in [-0.15, -0.1) is 6.58 Å². The number of nitrogens with two attached hydrogens (primary N) is 1. The molecule has 1 aromatic rings. The summed E-state index contributed by atoms with van der Waals surface area (Å²) in [6.45, 7) is 7.72. The highest BCUT2D eigenvalue weighted by atomic mass is 15.0. The Kier molecular flexibility index (Phi) is 3.51. The maximum absolute atomic E-state index is 5.77. The minimum absolute atomic E-state index is 0.335. The number of hydrogen-bond acceptors (Lipinski definition) is 3. The Balaban J connectivity index is 2.67. The molecule has 0 radical (unpaired) electrons. The van der Waals surface area contributed by atoms with E-state index >= 15 is 0 Å². The third-order valence-corrected chi connectivity index (χ3v) is 2.06. The van der Waals surface area contributed by atoms with Gasteiger partial charge in [-0.25, -0.2) is 4.98 Å². The first kappa shape index (κ1) is 10.6. The molecule has 0 spiro atoms. The third-order valence-electron chi connectivity index (χ3n) is 2.06. The lowest BCUT2D eigenvalue weighted by Crippen LogP contribution is -2.15. The van der Waals surface area contributed by atoms with Gasteiger partial charge in [0.15, 0.2) is 0 Å². The van der Waals surface area contributed by atoms with Crippen LogP contribution in [0.25, 0.3) is 0 Å². The summed E-state index contributed by atoms with van der Waals surface area (Å²) in [5, 5.41) is 3.25. The van der Waals surface area contributed by atoms with Crippen molar-refractivity contribution in [2.24, 2.45) is 0 Å². The van der Waals surface area contributed by atoms with Crippen molar-refractivity contribution < 1.29 is 0 Å². The Morgan fingerprint density at radius 2 is 2.43 bits per heavy atom. The number of aryl methyl sites for hydroxylation is 1. The van der Waals surface area contributed by atoms with E-state index < -0.39 is 0 Å². The van der Waals surface area contributed by atoms with Crippen molar-refractivity contribution in [3.8, 4) is 0 Å². The molecule has 0 saturated heterocycles. The fraction of sp³-hybridized carbons (Fsp3) is 0.364. The summed E-state index contributed by atoms with van der Waals surface area (Å²) in [6, 6.07) is 2.19. The molecule has 0 aliphatic carbocycles. The van der Waals surface area contributed by atoms with Gasteiger partial charge in [-0.05, 0) is 25.8 Å². The molecule has 3 nitrogen and oxygen atoms in total. The van der Waals surface area contributed by atoms with Crippen molar-refractivity contribution in [1.82, 2.24) is 4.98 Å². The van der Waals surface area contributed by atoms with Crippen LogP contribution in [0.15, 0.2) is 24.9 Å². The van der Waals surface area contributed by atoms with Gasteiger partial charge < -0.3 is 11.1 Å². The predicted octanol–water partition coefficient (Wildman–Crippen LogP) is 2.35. The molecule has 0 saturated carbocycles. The summed E-state index contributed by atoms with van der Waals surface area (Å²) in [6.07, 6.45) is 4.57. The van der Waals surface area contributed by atoms with Crippen molar-refractivity contribution in [3.05, 3.63) is 30.5 Å². The molecule has 0 fully saturated rings. The highest BCUT2D eigenvalue weighted by molar-refractivity contribution is 5.53. The molecule has 0 aliphatic heterocycles. The first-order valence-corrected chi connectivity index (χ1v) is 4.73. The zero-order valence-electron chi connectivity index (χ0n) is 8.75. The van der Waals surface area contributed by atoms with E-state index in [2.05, 4.69) is 23.8 Å². The molecule has 14 heavy (non-hydrogen) atoms. The highest BCUT2D eigenvalue weighted by Crippen LogP contribution is 2.14. The molecule has 3 N–H and O–H groups in total. The van der Waals surface area contributed by atoms with E-state index in [0.29, 0.717) is 6.04 Å². The SMILES string of the molecule is C=CCC(C)Nc1cc(N)c(C)cn1. The van der Waals surface area contributed by atoms with Crippen LogP contribution in [0.3, 0.4) is 0 Å². The summed E-state index contributed by atoms with van der Waals surface area (Å²) < 4.78 is 0. The second kappa shape index (κ2) is 4.65. The first-order chi connectivity index (χ1) is 6.63. The molecule has 0 aromatic carbocycles. The maximum atomic E-state index is 5.77. The van der Waals surface area contributed by atoms with E-state index in [-0.39, 0.29) is 0 Å². The molecule has 1 atom stereocenters. The van der Waals surface area contributed by atoms with Gasteiger partial charge in [-0.2, -0.15) is 0 Å². The maximum Gasteiger partial charge on any atom is 0.128 e. The summed E-state index contributed by atoms with van der Waals surface area (Å²) in [5.74, 6) is 0.822. The van der Waals surface area contributed by atoms with E-state index in [1.54, 1.807) is 6.20 Å². The van der Waals surface area contributed by atoms with Crippen LogP contribution in [0.4, 0.5) is 11.5 Å². The second-order valence-electron chi connectivity index (χ2n) is 3.50. The lowest BCUT2D eigenvalue weighted by Gasteiger charge is -2.13. The number of nitrogens with zero attached hydrogens (tertiary/aromatic N) is 1. The number of hydrogen-bond donors (Lipinski definition) is 2. The van der Waals surface area contributed by atoms with E-state index in [9.17, 15) is 0 Å². The number of rotatable bonds is 4. The standard InChI is InChI=1S/C11H17N3/c1-4-5-9(3)14-11-6-10(12)8(2)7-13-11/h4,6-7,9H,1,5H2,2-3H3,(H3,12,13,14). The number of anilines is 2. The normalized spacial score (nSPS) is 12.1. The van der Waals surface area contributed by atoms with Gasteiger partial charge in [0.2, 0.25) is 0 Å². The quantitative estimate of drug-likeness (QED) is 0.718. The van der Waals surface area contributed by atoms with Crippen molar-refractivity contribution in [1.29, 1.82) is 0 Å². The van der Waals surface area contributed by atoms with Gasteiger partial charge in [0, 0.05) is 24.0 Å². The largest absolute Gasteiger partial charge is 0.398 e. The Hall–Kier alpha value is -1.51. The number of aromatic nitrogens is 1. The van der Waals surface area contributed by atoms with Gasteiger partial charge >= 0.3 is 0 Å². The molecule has 0 aliphatic rings. The third kappa shape index (κ3) is 2.76. The topological polar surface area (TPSA) is 50.9 Å². The van der Waals surface area contributed by atoms with Crippen LogP contribution in [-0.2, 0) is 0 Å². The van der Waals surface area contributed by atoms with Gasteiger partial charge in [-0.3, -0.25) is 0 Å². The molecular formula is C11H17N3. The van der Waals surface area contributed by atoms with Gasteiger partial charge in [0.1, 0.15) is 5.82 Å². The Labute approximate surface area is 85.0 Å². The van der Waals surface area contributed by atoms with Gasteiger partial charge in [-0.1, -0.05) is 6.08 Å². The monoisotopic (exact) mass is 191 g/mol. The van der Waals surface area contributed by atoms with Crippen LogP contribution in [0.5, 0.6) is 0 Å². The summed E-state index contributed by atoms with van der Waals surface area (Å²) in [7, 11) is 0. The average molecular weight is 191 g/mol. The summed E-state index contributed by atoms with van der Waals surface area (Å²) in [5.41, 5.74) is 7.55. The van der Waals surface area contributed by atoms with Crippen LogP contribution < -0.4 is 11.1 Å². The zero-order chi connectivity index (χ0) is 10.6. The molecule has 3 heteroatoms. The van der Waals surface area contributed by atoms with Crippen LogP contribution in [0, 0.1) is 6.92 Å². The Morgan fingerprint density at radius 1 is 1.71 bits per heavy atom. The smallest absolute Gasteiger partial charge is 0.128 e.